The average molecular weight is 250 g/mol. The van der Waals surface area contributed by atoms with Crippen LogP contribution in [0, 0.1) is 0 Å². The normalized spacial score (nSPS) is 10.7. The minimum absolute atomic E-state index is 0.108. The first-order valence-electron chi connectivity index (χ1n) is 6.23. The van der Waals surface area contributed by atoms with E-state index in [0.29, 0.717) is 6.61 Å². The summed E-state index contributed by atoms with van der Waals surface area (Å²) in [5.41, 5.74) is 2.03. The number of nitrogens with zero attached hydrogens (tertiary/aromatic N) is 1. The van der Waals surface area contributed by atoms with Gasteiger partial charge < -0.3 is 15.0 Å². The van der Waals surface area contributed by atoms with Gasteiger partial charge in [0.05, 0.1) is 0 Å². The highest BCUT2D eigenvalue weighted by atomic mass is 16.5. The molecule has 1 aromatic rings. The van der Waals surface area contributed by atoms with Gasteiger partial charge in [-0.15, -0.1) is 0 Å². The van der Waals surface area contributed by atoms with Crippen LogP contribution in [-0.4, -0.2) is 38.1 Å². The Balaban J connectivity index is 2.40. The third-order valence-electron chi connectivity index (χ3n) is 2.32. The van der Waals surface area contributed by atoms with E-state index in [1.165, 1.54) is 5.56 Å². The summed E-state index contributed by atoms with van der Waals surface area (Å²) in [6.45, 7) is 3.65. The summed E-state index contributed by atoms with van der Waals surface area (Å²) >= 11 is 0. The second-order valence-corrected chi connectivity index (χ2v) is 4.54. The summed E-state index contributed by atoms with van der Waals surface area (Å²) in [6, 6.07) is 7.86. The molecule has 1 amide bonds. The van der Waals surface area contributed by atoms with Gasteiger partial charge in [0.1, 0.15) is 6.61 Å². The van der Waals surface area contributed by atoms with Crippen LogP contribution in [0.5, 0.6) is 0 Å². The summed E-state index contributed by atoms with van der Waals surface area (Å²) in [4.78, 5) is 13.6. The number of carbonyl (C=O) groups is 1. The molecule has 100 valence electrons. The second kappa shape index (κ2) is 7.84. The van der Waals surface area contributed by atoms with Crippen LogP contribution in [0.2, 0.25) is 0 Å². The quantitative estimate of drug-likeness (QED) is 0.754. The van der Waals surface area contributed by atoms with E-state index >= 15 is 0 Å². The number of nitrogens with one attached hydrogen (secondary N) is 1. The van der Waals surface area contributed by atoms with E-state index in [4.69, 9.17) is 4.74 Å². The van der Waals surface area contributed by atoms with Crippen molar-refractivity contribution in [2.24, 2.45) is 0 Å². The second-order valence-electron chi connectivity index (χ2n) is 4.54. The van der Waals surface area contributed by atoms with E-state index in [1.54, 1.807) is 0 Å². The molecule has 0 bridgehead atoms. The zero-order valence-electron chi connectivity index (χ0n) is 11.4. The van der Waals surface area contributed by atoms with Crippen LogP contribution in [0.25, 0.3) is 0 Å². The number of benzene rings is 1. The predicted octanol–water partition coefficient (Wildman–Crippen LogP) is 2.11. The van der Waals surface area contributed by atoms with Gasteiger partial charge in [-0.25, -0.2) is 0 Å². The maximum atomic E-state index is 11.5. The van der Waals surface area contributed by atoms with Gasteiger partial charge in [0.25, 0.3) is 0 Å². The Morgan fingerprint density at radius 2 is 1.94 bits per heavy atom. The van der Waals surface area contributed by atoms with E-state index in [1.807, 2.05) is 45.3 Å². The molecule has 0 saturated carbocycles. The van der Waals surface area contributed by atoms with Crippen LogP contribution in [0.3, 0.4) is 0 Å². The Morgan fingerprint density at radius 3 is 2.50 bits per heavy atom. The molecule has 0 spiro atoms. The van der Waals surface area contributed by atoms with E-state index in [0.717, 1.165) is 18.7 Å². The van der Waals surface area contributed by atoms with Crippen molar-refractivity contribution in [1.82, 2.24) is 4.90 Å². The Bertz CT molecular complexity index is 361. The molecule has 1 rings (SSSR count). The lowest BCUT2D eigenvalue weighted by molar-refractivity contribution is -0.120. The number of amides is 1. The lowest BCUT2D eigenvalue weighted by Crippen LogP contribution is -2.18. The molecule has 4 heteroatoms. The highest BCUT2D eigenvalue weighted by Crippen LogP contribution is 2.10. The Morgan fingerprint density at radius 1 is 1.28 bits per heavy atom. The van der Waals surface area contributed by atoms with Gasteiger partial charge in [-0.3, -0.25) is 4.79 Å². The number of carbonyl (C=O) groups excluding carboxylic acids is 1. The fourth-order valence-corrected chi connectivity index (χ4v) is 1.56. The van der Waals surface area contributed by atoms with Crippen molar-refractivity contribution in [3.8, 4) is 0 Å². The van der Waals surface area contributed by atoms with Crippen molar-refractivity contribution in [2.75, 3.05) is 32.6 Å². The molecule has 4 nitrogen and oxygen atoms in total. The summed E-state index contributed by atoms with van der Waals surface area (Å²) in [7, 11) is 4.06. The van der Waals surface area contributed by atoms with Gasteiger partial charge in [0.15, 0.2) is 0 Å². The standard InChI is InChI=1S/C14H22N2O2/c1-4-9-18-11-14(17)15-13-7-5-12(6-8-13)10-16(2)3/h5-8H,4,9-11H2,1-3H3,(H,15,17). The largest absolute Gasteiger partial charge is 0.372 e. The minimum Gasteiger partial charge on any atom is -0.372 e. The summed E-state index contributed by atoms with van der Waals surface area (Å²) in [5, 5.41) is 2.80. The molecule has 0 aliphatic heterocycles. The van der Waals surface area contributed by atoms with E-state index in [-0.39, 0.29) is 12.5 Å². The number of ether oxygens (including phenoxy) is 1. The third kappa shape index (κ3) is 5.80. The van der Waals surface area contributed by atoms with Crippen LogP contribution >= 0.6 is 0 Å². The van der Waals surface area contributed by atoms with Gasteiger partial charge in [0.2, 0.25) is 5.91 Å². The molecule has 1 N–H and O–H groups in total. The Labute approximate surface area is 109 Å². The fraction of sp³-hybridized carbons (Fsp3) is 0.500. The van der Waals surface area contributed by atoms with Crippen LogP contribution in [0.4, 0.5) is 5.69 Å². The summed E-state index contributed by atoms with van der Waals surface area (Å²) < 4.78 is 5.17. The molecular formula is C14H22N2O2. The maximum absolute atomic E-state index is 11.5. The van der Waals surface area contributed by atoms with Gasteiger partial charge >= 0.3 is 0 Å². The molecular weight excluding hydrogens is 228 g/mol. The number of hydrogen-bond acceptors (Lipinski definition) is 3. The average Bonchev–Trinajstić information content (AvgIpc) is 2.31. The maximum Gasteiger partial charge on any atom is 0.250 e. The molecule has 0 fully saturated rings. The molecule has 0 saturated heterocycles. The topological polar surface area (TPSA) is 41.6 Å². The summed E-state index contributed by atoms with van der Waals surface area (Å²) in [5.74, 6) is -0.108. The zero-order valence-corrected chi connectivity index (χ0v) is 11.4. The van der Waals surface area contributed by atoms with Crippen LogP contribution < -0.4 is 5.32 Å². The molecule has 0 aliphatic rings. The Hall–Kier alpha value is -1.39. The minimum atomic E-state index is -0.108. The van der Waals surface area contributed by atoms with Crippen molar-refractivity contribution >= 4 is 11.6 Å². The molecule has 18 heavy (non-hydrogen) atoms. The van der Waals surface area contributed by atoms with Crippen LogP contribution in [-0.2, 0) is 16.1 Å². The van der Waals surface area contributed by atoms with Crippen LogP contribution in [0.15, 0.2) is 24.3 Å². The van der Waals surface area contributed by atoms with Gasteiger partial charge in [-0.1, -0.05) is 19.1 Å². The molecule has 0 aliphatic carbocycles. The van der Waals surface area contributed by atoms with E-state index in [9.17, 15) is 4.79 Å². The van der Waals surface area contributed by atoms with Crippen molar-refractivity contribution in [3.05, 3.63) is 29.8 Å². The monoisotopic (exact) mass is 250 g/mol. The van der Waals surface area contributed by atoms with Crippen LogP contribution in [0.1, 0.15) is 18.9 Å². The van der Waals surface area contributed by atoms with Gasteiger partial charge in [0, 0.05) is 18.8 Å². The predicted molar refractivity (Wildman–Crippen MR) is 73.6 cm³/mol. The van der Waals surface area contributed by atoms with E-state index < -0.39 is 0 Å². The van der Waals surface area contributed by atoms with Crippen molar-refractivity contribution < 1.29 is 9.53 Å². The molecule has 0 aromatic heterocycles. The first-order valence-corrected chi connectivity index (χ1v) is 6.23. The first-order chi connectivity index (χ1) is 8.61. The molecule has 0 atom stereocenters. The summed E-state index contributed by atoms with van der Waals surface area (Å²) in [6.07, 6.45) is 0.923. The molecule has 0 heterocycles. The lowest BCUT2D eigenvalue weighted by atomic mass is 10.2. The molecule has 0 unspecified atom stereocenters. The smallest absolute Gasteiger partial charge is 0.250 e. The number of anilines is 1. The molecule has 1 aromatic carbocycles. The molecule has 0 radical (unpaired) electrons. The van der Waals surface area contributed by atoms with Crippen molar-refractivity contribution in [3.63, 3.8) is 0 Å². The van der Waals surface area contributed by atoms with Crippen molar-refractivity contribution in [2.45, 2.75) is 19.9 Å². The fourth-order valence-electron chi connectivity index (χ4n) is 1.56. The Kier molecular flexibility index (Phi) is 6.39. The third-order valence-corrected chi connectivity index (χ3v) is 2.32. The SMILES string of the molecule is CCCOCC(=O)Nc1ccc(CN(C)C)cc1. The van der Waals surface area contributed by atoms with Crippen molar-refractivity contribution in [1.29, 1.82) is 0 Å². The lowest BCUT2D eigenvalue weighted by Gasteiger charge is -2.10. The number of rotatable bonds is 7. The van der Waals surface area contributed by atoms with Gasteiger partial charge in [-0.05, 0) is 38.2 Å². The first kappa shape index (κ1) is 14.7. The highest BCUT2D eigenvalue weighted by molar-refractivity contribution is 5.91. The zero-order chi connectivity index (χ0) is 13.4. The highest BCUT2D eigenvalue weighted by Gasteiger charge is 2.02. The van der Waals surface area contributed by atoms with E-state index in [2.05, 4.69) is 10.2 Å². The number of hydrogen-bond donors (Lipinski definition) is 1. The van der Waals surface area contributed by atoms with Gasteiger partial charge in [-0.2, -0.15) is 0 Å².